The monoisotopic (exact) mass is 255 g/mol. The smallest absolute Gasteiger partial charge is 0.317 e. The Hall–Kier alpha value is -1.43. The van der Waals surface area contributed by atoms with Gasteiger partial charge in [-0.2, -0.15) is 0 Å². The summed E-state index contributed by atoms with van der Waals surface area (Å²) in [6.45, 7) is 9.04. The molecule has 1 N–H and O–H groups in total. The summed E-state index contributed by atoms with van der Waals surface area (Å²) in [5.41, 5.74) is -0.187. The van der Waals surface area contributed by atoms with Crippen LogP contribution >= 0.6 is 0 Å². The van der Waals surface area contributed by atoms with Crippen LogP contribution in [-0.4, -0.2) is 39.3 Å². The number of carboxylic acid groups (broad SMARTS) is 1. The second-order valence-electron chi connectivity index (χ2n) is 5.36. The maximum atomic E-state index is 10.7. The molecule has 0 aliphatic carbocycles. The normalized spacial score (nSPS) is 12.1. The summed E-state index contributed by atoms with van der Waals surface area (Å²) in [6, 6.07) is 0. The Kier molecular flexibility index (Phi) is 4.84. The van der Waals surface area contributed by atoms with Crippen LogP contribution in [0, 0.1) is 0 Å². The largest absolute Gasteiger partial charge is 0.480 e. The van der Waals surface area contributed by atoms with E-state index in [4.69, 9.17) is 9.52 Å². The Morgan fingerprint density at radius 1 is 1.39 bits per heavy atom. The van der Waals surface area contributed by atoms with Crippen LogP contribution in [0.3, 0.4) is 0 Å². The first-order valence-electron chi connectivity index (χ1n) is 6.10. The minimum Gasteiger partial charge on any atom is -0.480 e. The predicted molar refractivity (Wildman–Crippen MR) is 66.2 cm³/mol. The second kappa shape index (κ2) is 5.95. The van der Waals surface area contributed by atoms with Crippen molar-refractivity contribution in [2.24, 2.45) is 0 Å². The lowest BCUT2D eigenvalue weighted by Gasteiger charge is -2.17. The number of carboxylic acids is 1. The van der Waals surface area contributed by atoms with Crippen molar-refractivity contribution in [2.75, 3.05) is 13.1 Å². The Morgan fingerprint density at radius 2 is 2.06 bits per heavy atom. The van der Waals surface area contributed by atoms with E-state index >= 15 is 0 Å². The quantitative estimate of drug-likeness (QED) is 0.832. The first-order valence-corrected chi connectivity index (χ1v) is 6.10. The molecule has 1 rings (SSSR count). The molecule has 0 amide bonds. The van der Waals surface area contributed by atoms with E-state index in [1.54, 1.807) is 4.90 Å². The van der Waals surface area contributed by atoms with Crippen LogP contribution in [0.1, 0.15) is 45.9 Å². The van der Waals surface area contributed by atoms with Gasteiger partial charge in [0.15, 0.2) is 0 Å². The number of aliphatic carboxylic acids is 1. The van der Waals surface area contributed by atoms with Crippen molar-refractivity contribution in [1.29, 1.82) is 0 Å². The lowest BCUT2D eigenvalue weighted by molar-refractivity contribution is -0.138. The molecule has 0 bridgehead atoms. The fourth-order valence-electron chi connectivity index (χ4n) is 1.53. The number of hydrogen-bond donors (Lipinski definition) is 1. The molecule has 0 saturated heterocycles. The topological polar surface area (TPSA) is 79.5 Å². The fourth-order valence-corrected chi connectivity index (χ4v) is 1.53. The Balaban J connectivity index is 2.69. The molecule has 6 nitrogen and oxygen atoms in total. The number of carbonyl (C=O) groups is 1. The SMILES string of the molecule is CCCN(CC(=O)O)Cc1nnc(C(C)(C)C)o1. The van der Waals surface area contributed by atoms with Crippen molar-refractivity contribution in [2.45, 2.75) is 46.1 Å². The minimum absolute atomic E-state index is 0.0128. The van der Waals surface area contributed by atoms with Crippen molar-refractivity contribution in [1.82, 2.24) is 15.1 Å². The van der Waals surface area contributed by atoms with E-state index in [1.807, 2.05) is 27.7 Å². The molecule has 0 unspecified atom stereocenters. The van der Waals surface area contributed by atoms with Gasteiger partial charge >= 0.3 is 5.97 Å². The van der Waals surface area contributed by atoms with Crippen molar-refractivity contribution in [3.05, 3.63) is 11.8 Å². The van der Waals surface area contributed by atoms with Crippen molar-refractivity contribution < 1.29 is 14.3 Å². The molecule has 6 heteroatoms. The molecule has 0 aliphatic rings. The third kappa shape index (κ3) is 4.44. The van der Waals surface area contributed by atoms with Crippen LogP contribution in [0.25, 0.3) is 0 Å². The van der Waals surface area contributed by atoms with Gasteiger partial charge in [-0.3, -0.25) is 9.69 Å². The standard InChI is InChI=1S/C12H21N3O3/c1-5-6-15(8-10(16)17)7-9-13-14-11(18-9)12(2,3)4/h5-8H2,1-4H3,(H,16,17). The molecule has 0 saturated carbocycles. The number of nitrogens with zero attached hydrogens (tertiary/aromatic N) is 3. The van der Waals surface area contributed by atoms with Gasteiger partial charge in [0.1, 0.15) is 0 Å². The molecule has 1 aromatic heterocycles. The molecular formula is C12H21N3O3. The highest BCUT2D eigenvalue weighted by molar-refractivity contribution is 5.69. The average Bonchev–Trinajstić information content (AvgIpc) is 2.64. The molecule has 0 spiro atoms. The molecule has 18 heavy (non-hydrogen) atoms. The lowest BCUT2D eigenvalue weighted by Crippen LogP contribution is -2.30. The summed E-state index contributed by atoms with van der Waals surface area (Å²) < 4.78 is 5.55. The zero-order valence-corrected chi connectivity index (χ0v) is 11.4. The van der Waals surface area contributed by atoms with Crippen LogP contribution < -0.4 is 0 Å². The maximum Gasteiger partial charge on any atom is 0.317 e. The number of aromatic nitrogens is 2. The van der Waals surface area contributed by atoms with Gasteiger partial charge in [-0.25, -0.2) is 0 Å². The van der Waals surface area contributed by atoms with Gasteiger partial charge in [0, 0.05) is 5.41 Å². The maximum absolute atomic E-state index is 10.7. The van der Waals surface area contributed by atoms with E-state index < -0.39 is 5.97 Å². The third-order valence-electron chi connectivity index (χ3n) is 2.37. The zero-order chi connectivity index (χ0) is 13.8. The van der Waals surface area contributed by atoms with Gasteiger partial charge in [0.05, 0.1) is 13.1 Å². The minimum atomic E-state index is -0.848. The first-order chi connectivity index (χ1) is 8.32. The molecule has 0 aliphatic heterocycles. The molecule has 1 aromatic rings. The van der Waals surface area contributed by atoms with Crippen molar-refractivity contribution >= 4 is 5.97 Å². The highest BCUT2D eigenvalue weighted by atomic mass is 16.4. The Bertz CT molecular complexity index is 396. The highest BCUT2D eigenvalue weighted by Crippen LogP contribution is 2.20. The summed E-state index contributed by atoms with van der Waals surface area (Å²) in [5, 5.41) is 16.8. The molecule has 0 fully saturated rings. The average molecular weight is 255 g/mol. The van der Waals surface area contributed by atoms with Crippen molar-refractivity contribution in [3.63, 3.8) is 0 Å². The fraction of sp³-hybridized carbons (Fsp3) is 0.750. The lowest BCUT2D eigenvalue weighted by atomic mass is 9.97. The molecular weight excluding hydrogens is 234 g/mol. The molecule has 1 heterocycles. The van der Waals surface area contributed by atoms with E-state index in [9.17, 15) is 4.79 Å². The summed E-state index contributed by atoms with van der Waals surface area (Å²) in [4.78, 5) is 12.5. The summed E-state index contributed by atoms with van der Waals surface area (Å²) in [6.07, 6.45) is 0.882. The molecule has 0 radical (unpaired) electrons. The predicted octanol–water partition coefficient (Wildman–Crippen LogP) is 1.66. The zero-order valence-electron chi connectivity index (χ0n) is 11.4. The van der Waals surface area contributed by atoms with Gasteiger partial charge in [0.25, 0.3) is 0 Å². The summed E-state index contributed by atoms with van der Waals surface area (Å²) in [5.74, 6) is 0.193. The van der Waals surface area contributed by atoms with Gasteiger partial charge in [-0.1, -0.05) is 27.7 Å². The number of hydrogen-bond acceptors (Lipinski definition) is 5. The summed E-state index contributed by atoms with van der Waals surface area (Å²) in [7, 11) is 0. The van der Waals surface area contributed by atoms with E-state index in [2.05, 4.69) is 10.2 Å². The molecule has 0 aromatic carbocycles. The number of rotatable bonds is 6. The van der Waals surface area contributed by atoms with Gasteiger partial charge in [-0.15, -0.1) is 10.2 Å². The van der Waals surface area contributed by atoms with E-state index in [0.717, 1.165) is 6.42 Å². The van der Waals surface area contributed by atoms with Crippen molar-refractivity contribution in [3.8, 4) is 0 Å². The summed E-state index contributed by atoms with van der Waals surface area (Å²) >= 11 is 0. The van der Waals surface area contributed by atoms with Gasteiger partial charge in [-0.05, 0) is 13.0 Å². The Labute approximate surface area is 107 Å². The van der Waals surface area contributed by atoms with E-state index in [0.29, 0.717) is 24.9 Å². The van der Waals surface area contributed by atoms with Crippen LogP contribution in [0.4, 0.5) is 0 Å². The van der Waals surface area contributed by atoms with Gasteiger partial charge in [0.2, 0.25) is 11.8 Å². The highest BCUT2D eigenvalue weighted by Gasteiger charge is 2.22. The molecule has 0 atom stereocenters. The second-order valence-corrected chi connectivity index (χ2v) is 5.36. The Morgan fingerprint density at radius 3 is 2.50 bits per heavy atom. The molecule has 102 valence electrons. The van der Waals surface area contributed by atoms with Crippen LogP contribution in [0.2, 0.25) is 0 Å². The van der Waals surface area contributed by atoms with Gasteiger partial charge < -0.3 is 9.52 Å². The third-order valence-corrected chi connectivity index (χ3v) is 2.37. The van der Waals surface area contributed by atoms with E-state index in [-0.39, 0.29) is 12.0 Å². The van der Waals surface area contributed by atoms with E-state index in [1.165, 1.54) is 0 Å². The van der Waals surface area contributed by atoms with Crippen LogP contribution in [-0.2, 0) is 16.8 Å². The first kappa shape index (κ1) is 14.6. The van der Waals surface area contributed by atoms with Crippen LogP contribution in [0.15, 0.2) is 4.42 Å². The van der Waals surface area contributed by atoms with Crippen LogP contribution in [0.5, 0.6) is 0 Å².